The SMILES string of the molecule is COc1cc(CCC(=O)CC(O)O)ccc1O. The van der Waals surface area contributed by atoms with E-state index in [0.29, 0.717) is 12.2 Å². The van der Waals surface area contributed by atoms with E-state index >= 15 is 0 Å². The summed E-state index contributed by atoms with van der Waals surface area (Å²) in [6.07, 6.45) is -1.14. The number of phenolic OH excluding ortho intramolecular Hbond substituents is 1. The molecule has 5 nitrogen and oxygen atoms in total. The standard InChI is InChI=1S/C12H16O5/c1-17-11-6-8(3-5-10(11)14)2-4-9(13)7-12(15)16/h3,5-6,12,14-16H,2,4,7H2,1H3. The van der Waals surface area contributed by atoms with E-state index in [-0.39, 0.29) is 24.4 Å². The molecule has 1 aromatic rings. The van der Waals surface area contributed by atoms with Crippen LogP contribution in [0.2, 0.25) is 0 Å². The van der Waals surface area contributed by atoms with Crippen LogP contribution < -0.4 is 4.74 Å². The summed E-state index contributed by atoms with van der Waals surface area (Å²) in [7, 11) is 1.45. The van der Waals surface area contributed by atoms with Gasteiger partial charge in [-0.2, -0.15) is 0 Å². The second-order valence-electron chi connectivity index (χ2n) is 3.73. The molecular formula is C12H16O5. The zero-order valence-electron chi connectivity index (χ0n) is 9.59. The van der Waals surface area contributed by atoms with Gasteiger partial charge in [0.15, 0.2) is 17.8 Å². The molecule has 0 spiro atoms. The van der Waals surface area contributed by atoms with Crippen molar-refractivity contribution in [2.45, 2.75) is 25.6 Å². The van der Waals surface area contributed by atoms with E-state index in [4.69, 9.17) is 14.9 Å². The van der Waals surface area contributed by atoms with Crippen LogP contribution in [0.5, 0.6) is 11.5 Å². The molecule has 94 valence electrons. The first-order valence-electron chi connectivity index (χ1n) is 5.26. The van der Waals surface area contributed by atoms with Gasteiger partial charge in [-0.25, -0.2) is 0 Å². The lowest BCUT2D eigenvalue weighted by Gasteiger charge is -2.06. The van der Waals surface area contributed by atoms with E-state index < -0.39 is 6.29 Å². The summed E-state index contributed by atoms with van der Waals surface area (Å²) in [5.74, 6) is 0.192. The van der Waals surface area contributed by atoms with Gasteiger partial charge >= 0.3 is 0 Å². The van der Waals surface area contributed by atoms with Gasteiger partial charge < -0.3 is 20.1 Å². The van der Waals surface area contributed by atoms with Gasteiger partial charge in [0.25, 0.3) is 0 Å². The number of rotatable bonds is 6. The average molecular weight is 240 g/mol. The highest BCUT2D eigenvalue weighted by molar-refractivity contribution is 5.78. The molecular weight excluding hydrogens is 224 g/mol. The van der Waals surface area contributed by atoms with Crippen LogP contribution in [0.4, 0.5) is 0 Å². The van der Waals surface area contributed by atoms with Crippen molar-refractivity contribution in [2.24, 2.45) is 0 Å². The van der Waals surface area contributed by atoms with Crippen molar-refractivity contribution in [2.75, 3.05) is 7.11 Å². The van der Waals surface area contributed by atoms with Gasteiger partial charge in [0.1, 0.15) is 5.78 Å². The van der Waals surface area contributed by atoms with E-state index in [1.54, 1.807) is 12.1 Å². The number of aliphatic hydroxyl groups is 2. The molecule has 0 aliphatic carbocycles. The van der Waals surface area contributed by atoms with Crippen LogP contribution in [0.3, 0.4) is 0 Å². The van der Waals surface area contributed by atoms with Crippen molar-refractivity contribution in [3.05, 3.63) is 23.8 Å². The van der Waals surface area contributed by atoms with Gasteiger partial charge in [0, 0.05) is 6.42 Å². The van der Waals surface area contributed by atoms with Crippen LogP contribution in [0.1, 0.15) is 18.4 Å². The first-order chi connectivity index (χ1) is 8.02. The van der Waals surface area contributed by atoms with E-state index in [1.165, 1.54) is 13.2 Å². The average Bonchev–Trinajstić information content (AvgIpc) is 2.27. The molecule has 5 heteroatoms. The number of Topliss-reactive ketones (excluding diaryl/α,β-unsaturated/α-hetero) is 1. The number of aryl methyl sites for hydroxylation is 1. The second-order valence-corrected chi connectivity index (χ2v) is 3.73. The van der Waals surface area contributed by atoms with E-state index in [1.807, 2.05) is 0 Å². The fourth-order valence-corrected chi connectivity index (χ4v) is 1.47. The molecule has 0 unspecified atom stereocenters. The lowest BCUT2D eigenvalue weighted by molar-refractivity contribution is -0.127. The number of methoxy groups -OCH3 is 1. The highest BCUT2D eigenvalue weighted by atomic mass is 16.5. The van der Waals surface area contributed by atoms with Crippen molar-refractivity contribution in [1.82, 2.24) is 0 Å². The molecule has 0 aliphatic heterocycles. The van der Waals surface area contributed by atoms with Crippen molar-refractivity contribution >= 4 is 5.78 Å². The third kappa shape index (κ3) is 4.42. The molecule has 0 heterocycles. The Hall–Kier alpha value is -1.59. The molecule has 0 atom stereocenters. The van der Waals surface area contributed by atoms with Crippen molar-refractivity contribution < 1.29 is 24.9 Å². The lowest BCUT2D eigenvalue weighted by Crippen LogP contribution is -2.12. The molecule has 1 aromatic carbocycles. The summed E-state index contributed by atoms with van der Waals surface area (Å²) in [4.78, 5) is 11.2. The molecule has 0 radical (unpaired) electrons. The summed E-state index contributed by atoms with van der Waals surface area (Å²) < 4.78 is 4.94. The normalized spacial score (nSPS) is 10.6. The number of aromatic hydroxyl groups is 1. The zero-order valence-corrected chi connectivity index (χ0v) is 9.59. The molecule has 0 aliphatic rings. The maximum atomic E-state index is 11.2. The van der Waals surface area contributed by atoms with Crippen LogP contribution in [0.15, 0.2) is 18.2 Å². The topological polar surface area (TPSA) is 87.0 Å². The first-order valence-corrected chi connectivity index (χ1v) is 5.26. The second kappa shape index (κ2) is 6.22. The third-order valence-electron chi connectivity index (χ3n) is 2.35. The maximum Gasteiger partial charge on any atom is 0.160 e. The summed E-state index contributed by atoms with van der Waals surface area (Å²) in [6.45, 7) is 0. The Morgan fingerprint density at radius 3 is 2.71 bits per heavy atom. The number of carbonyl (C=O) groups is 1. The number of aliphatic hydroxyl groups excluding tert-OH is 1. The predicted octanol–water partition coefficient (Wildman–Crippen LogP) is 0.603. The lowest BCUT2D eigenvalue weighted by atomic mass is 10.1. The highest BCUT2D eigenvalue weighted by Gasteiger charge is 2.09. The number of ether oxygens (including phenoxy) is 1. The predicted molar refractivity (Wildman–Crippen MR) is 60.8 cm³/mol. The molecule has 0 aromatic heterocycles. The summed E-state index contributed by atoms with van der Waals surface area (Å²) in [6, 6.07) is 4.85. The van der Waals surface area contributed by atoms with E-state index in [2.05, 4.69) is 0 Å². The highest BCUT2D eigenvalue weighted by Crippen LogP contribution is 2.26. The number of phenols is 1. The molecule has 0 saturated heterocycles. The largest absolute Gasteiger partial charge is 0.504 e. The Kier molecular flexibility index (Phi) is 4.93. The number of ketones is 1. The summed E-state index contributed by atoms with van der Waals surface area (Å²) in [5.41, 5.74) is 0.848. The van der Waals surface area contributed by atoms with Crippen LogP contribution in [-0.2, 0) is 11.2 Å². The van der Waals surface area contributed by atoms with Gasteiger partial charge in [-0.1, -0.05) is 6.07 Å². The molecule has 0 amide bonds. The van der Waals surface area contributed by atoms with Crippen molar-refractivity contribution in [3.63, 3.8) is 0 Å². The number of hydrogen-bond donors (Lipinski definition) is 3. The Morgan fingerprint density at radius 1 is 1.41 bits per heavy atom. The van der Waals surface area contributed by atoms with E-state index in [9.17, 15) is 9.90 Å². The Labute approximate surface area is 99.3 Å². The van der Waals surface area contributed by atoms with Gasteiger partial charge in [-0.05, 0) is 24.1 Å². The summed E-state index contributed by atoms with van der Waals surface area (Å²) >= 11 is 0. The summed E-state index contributed by atoms with van der Waals surface area (Å²) in [5, 5.41) is 26.6. The van der Waals surface area contributed by atoms with Gasteiger partial charge in [0.05, 0.1) is 13.5 Å². The van der Waals surface area contributed by atoms with Gasteiger partial charge in [-0.15, -0.1) is 0 Å². The Bertz CT molecular complexity index is 386. The number of hydrogen-bond acceptors (Lipinski definition) is 5. The molecule has 0 fully saturated rings. The van der Waals surface area contributed by atoms with Crippen molar-refractivity contribution in [1.29, 1.82) is 0 Å². The number of carbonyl (C=O) groups excluding carboxylic acids is 1. The maximum absolute atomic E-state index is 11.2. The van der Waals surface area contributed by atoms with Crippen LogP contribution >= 0.6 is 0 Å². The van der Waals surface area contributed by atoms with E-state index in [0.717, 1.165) is 5.56 Å². The fourth-order valence-electron chi connectivity index (χ4n) is 1.47. The van der Waals surface area contributed by atoms with Crippen LogP contribution in [0, 0.1) is 0 Å². The molecule has 0 bridgehead atoms. The van der Waals surface area contributed by atoms with Crippen LogP contribution in [-0.4, -0.2) is 34.5 Å². The minimum Gasteiger partial charge on any atom is -0.504 e. The molecule has 3 N–H and O–H groups in total. The Balaban J connectivity index is 2.55. The minimum atomic E-state index is -1.59. The molecule has 1 rings (SSSR count). The van der Waals surface area contributed by atoms with Gasteiger partial charge in [-0.3, -0.25) is 4.79 Å². The third-order valence-corrected chi connectivity index (χ3v) is 2.35. The quantitative estimate of drug-likeness (QED) is 0.634. The van der Waals surface area contributed by atoms with Crippen LogP contribution in [0.25, 0.3) is 0 Å². The monoisotopic (exact) mass is 240 g/mol. The van der Waals surface area contributed by atoms with Crippen molar-refractivity contribution in [3.8, 4) is 11.5 Å². The number of benzene rings is 1. The smallest absolute Gasteiger partial charge is 0.160 e. The first kappa shape index (κ1) is 13.5. The van der Waals surface area contributed by atoms with Gasteiger partial charge in [0.2, 0.25) is 0 Å². The zero-order chi connectivity index (χ0) is 12.8. The molecule has 17 heavy (non-hydrogen) atoms. The fraction of sp³-hybridized carbons (Fsp3) is 0.417. The Morgan fingerprint density at radius 2 is 2.12 bits per heavy atom. The minimum absolute atomic E-state index is 0.0494. The molecule has 0 saturated carbocycles.